The molecule has 0 spiro atoms. The first kappa shape index (κ1) is 14.6. The normalized spacial score (nSPS) is 12.1. The van der Waals surface area contributed by atoms with Gasteiger partial charge < -0.3 is 15.1 Å². The van der Waals surface area contributed by atoms with Crippen LogP contribution in [0.5, 0.6) is 0 Å². The molecular weight excluding hydrogens is 274 g/mol. The molecule has 0 aliphatic rings. The summed E-state index contributed by atoms with van der Waals surface area (Å²) in [5, 5.41) is 8.72. The summed E-state index contributed by atoms with van der Waals surface area (Å²) in [6, 6.07) is 3.54. The third-order valence-corrected chi connectivity index (χ3v) is 3.96. The first-order valence-corrected chi connectivity index (χ1v) is 7.55. The van der Waals surface area contributed by atoms with Crippen LogP contribution in [-0.2, 0) is 6.42 Å². The van der Waals surface area contributed by atoms with Crippen molar-refractivity contribution < 1.29 is 9.21 Å². The molecule has 1 unspecified atom stereocenters. The first-order valence-electron chi connectivity index (χ1n) is 6.67. The van der Waals surface area contributed by atoms with Crippen LogP contribution in [0.15, 0.2) is 28.2 Å². The lowest BCUT2D eigenvalue weighted by Gasteiger charge is -2.15. The highest BCUT2D eigenvalue weighted by molar-refractivity contribution is 7.09. The molecule has 20 heavy (non-hydrogen) atoms. The zero-order valence-electron chi connectivity index (χ0n) is 11.7. The Bertz CT molecular complexity index is 536. The predicted molar refractivity (Wildman–Crippen MR) is 78.8 cm³/mol. The summed E-state index contributed by atoms with van der Waals surface area (Å²) in [5.41, 5.74) is 0.989. The Morgan fingerprint density at radius 1 is 1.55 bits per heavy atom. The van der Waals surface area contributed by atoms with Crippen LogP contribution in [0.3, 0.4) is 0 Å². The Hall–Kier alpha value is -1.82. The molecule has 6 heteroatoms. The average molecular weight is 293 g/mol. The second kappa shape index (κ2) is 7.09. The molecule has 0 aromatic carbocycles. The molecule has 2 aromatic heterocycles. The highest BCUT2D eigenvalue weighted by atomic mass is 32.1. The summed E-state index contributed by atoms with van der Waals surface area (Å²) in [6.45, 7) is 4.54. The van der Waals surface area contributed by atoms with Crippen molar-refractivity contribution in [3.63, 3.8) is 0 Å². The van der Waals surface area contributed by atoms with E-state index in [1.54, 1.807) is 17.6 Å². The van der Waals surface area contributed by atoms with Crippen LogP contribution in [0, 0.1) is 6.92 Å². The Kier molecular flexibility index (Phi) is 5.17. The Morgan fingerprint density at radius 2 is 2.40 bits per heavy atom. The van der Waals surface area contributed by atoms with E-state index < -0.39 is 0 Å². The number of hydrogen-bond donors (Lipinski definition) is 2. The van der Waals surface area contributed by atoms with Gasteiger partial charge in [-0.25, -0.2) is 9.78 Å². The van der Waals surface area contributed by atoms with Crippen molar-refractivity contribution in [2.45, 2.75) is 32.7 Å². The lowest BCUT2D eigenvalue weighted by Crippen LogP contribution is -2.38. The number of amides is 2. The van der Waals surface area contributed by atoms with Gasteiger partial charge in [-0.15, -0.1) is 11.3 Å². The standard InChI is InChI=1S/C14H19N3O2S/c1-3-12(13-16-10(2)9-20-13)17-14(18)15-7-6-11-5-4-8-19-11/h4-5,8-9,12H,3,6-7H2,1-2H3,(H2,15,17,18). The number of furan rings is 1. The predicted octanol–water partition coefficient (Wildman–Crippen LogP) is 3.04. The van der Waals surface area contributed by atoms with Crippen molar-refractivity contribution in [1.82, 2.24) is 15.6 Å². The number of aryl methyl sites for hydroxylation is 1. The molecule has 0 saturated carbocycles. The zero-order chi connectivity index (χ0) is 14.4. The largest absolute Gasteiger partial charge is 0.469 e. The van der Waals surface area contributed by atoms with E-state index in [-0.39, 0.29) is 12.1 Å². The van der Waals surface area contributed by atoms with Gasteiger partial charge in [-0.2, -0.15) is 0 Å². The Balaban J connectivity index is 1.77. The van der Waals surface area contributed by atoms with Crippen molar-refractivity contribution in [2.75, 3.05) is 6.54 Å². The van der Waals surface area contributed by atoms with Gasteiger partial charge in [0.25, 0.3) is 0 Å². The van der Waals surface area contributed by atoms with E-state index in [1.165, 1.54) is 0 Å². The molecule has 0 fully saturated rings. The summed E-state index contributed by atoms with van der Waals surface area (Å²) in [7, 11) is 0. The topological polar surface area (TPSA) is 67.2 Å². The molecular formula is C14H19N3O2S. The minimum atomic E-state index is -0.170. The van der Waals surface area contributed by atoms with E-state index in [9.17, 15) is 4.79 Å². The van der Waals surface area contributed by atoms with E-state index >= 15 is 0 Å². The molecule has 2 N–H and O–H groups in total. The zero-order valence-corrected chi connectivity index (χ0v) is 12.5. The summed E-state index contributed by atoms with van der Waals surface area (Å²) >= 11 is 1.58. The van der Waals surface area contributed by atoms with Gasteiger partial charge in [0.15, 0.2) is 0 Å². The number of rotatable bonds is 6. The number of urea groups is 1. The highest BCUT2D eigenvalue weighted by Gasteiger charge is 2.15. The maximum Gasteiger partial charge on any atom is 0.315 e. The number of carbonyl (C=O) groups is 1. The van der Waals surface area contributed by atoms with Crippen LogP contribution in [0.4, 0.5) is 4.79 Å². The van der Waals surface area contributed by atoms with E-state index in [2.05, 4.69) is 15.6 Å². The fraction of sp³-hybridized carbons (Fsp3) is 0.429. The van der Waals surface area contributed by atoms with Gasteiger partial charge >= 0.3 is 6.03 Å². The van der Waals surface area contributed by atoms with E-state index in [4.69, 9.17) is 4.42 Å². The van der Waals surface area contributed by atoms with Gasteiger partial charge in [0.2, 0.25) is 0 Å². The molecule has 0 aliphatic carbocycles. The van der Waals surface area contributed by atoms with E-state index in [1.807, 2.05) is 31.4 Å². The second-order valence-corrected chi connectivity index (χ2v) is 5.41. The quantitative estimate of drug-likeness (QED) is 0.860. The molecule has 2 amide bonds. The van der Waals surface area contributed by atoms with Gasteiger partial charge in [-0.1, -0.05) is 6.92 Å². The Morgan fingerprint density at radius 3 is 3.00 bits per heavy atom. The molecule has 5 nitrogen and oxygen atoms in total. The van der Waals surface area contributed by atoms with Crippen molar-refractivity contribution in [3.8, 4) is 0 Å². The van der Waals surface area contributed by atoms with Crippen molar-refractivity contribution in [1.29, 1.82) is 0 Å². The maximum atomic E-state index is 11.8. The number of hydrogen-bond acceptors (Lipinski definition) is 4. The molecule has 108 valence electrons. The summed E-state index contributed by atoms with van der Waals surface area (Å²) in [5.74, 6) is 0.868. The van der Waals surface area contributed by atoms with Crippen LogP contribution in [-0.4, -0.2) is 17.6 Å². The van der Waals surface area contributed by atoms with Gasteiger partial charge in [0.1, 0.15) is 10.8 Å². The summed E-state index contributed by atoms with van der Waals surface area (Å²) in [6.07, 6.45) is 3.14. The second-order valence-electron chi connectivity index (χ2n) is 4.52. The third kappa shape index (κ3) is 4.09. The molecule has 0 saturated heterocycles. The number of carbonyl (C=O) groups excluding carboxylic acids is 1. The van der Waals surface area contributed by atoms with E-state index in [0.29, 0.717) is 13.0 Å². The van der Waals surface area contributed by atoms with Gasteiger partial charge in [-0.05, 0) is 25.5 Å². The monoisotopic (exact) mass is 293 g/mol. The summed E-state index contributed by atoms with van der Waals surface area (Å²) < 4.78 is 5.21. The van der Waals surface area contributed by atoms with Crippen molar-refractivity contribution in [3.05, 3.63) is 40.2 Å². The molecule has 0 radical (unpaired) electrons. The van der Waals surface area contributed by atoms with Crippen LogP contribution < -0.4 is 10.6 Å². The smallest absolute Gasteiger partial charge is 0.315 e. The number of thiazole rings is 1. The SMILES string of the molecule is CCC(NC(=O)NCCc1ccco1)c1nc(C)cs1. The van der Waals surface area contributed by atoms with E-state index in [0.717, 1.165) is 22.9 Å². The lowest BCUT2D eigenvalue weighted by atomic mass is 10.2. The molecule has 0 aliphatic heterocycles. The minimum absolute atomic E-state index is 0.0303. The number of aromatic nitrogens is 1. The molecule has 2 heterocycles. The minimum Gasteiger partial charge on any atom is -0.469 e. The Labute approximate surface area is 122 Å². The van der Waals surface area contributed by atoms with Crippen LogP contribution >= 0.6 is 11.3 Å². The van der Waals surface area contributed by atoms with Crippen molar-refractivity contribution in [2.24, 2.45) is 0 Å². The number of nitrogens with zero attached hydrogens (tertiary/aromatic N) is 1. The maximum absolute atomic E-state index is 11.8. The molecule has 1 atom stereocenters. The lowest BCUT2D eigenvalue weighted by molar-refractivity contribution is 0.236. The van der Waals surface area contributed by atoms with Gasteiger partial charge in [-0.3, -0.25) is 0 Å². The van der Waals surface area contributed by atoms with Gasteiger partial charge in [0.05, 0.1) is 12.3 Å². The molecule has 2 rings (SSSR count). The average Bonchev–Trinajstić information content (AvgIpc) is 3.07. The molecule has 0 bridgehead atoms. The van der Waals surface area contributed by atoms with Crippen LogP contribution in [0.1, 0.15) is 35.8 Å². The highest BCUT2D eigenvalue weighted by Crippen LogP contribution is 2.20. The molecule has 2 aromatic rings. The van der Waals surface area contributed by atoms with Crippen LogP contribution in [0.2, 0.25) is 0 Å². The van der Waals surface area contributed by atoms with Crippen molar-refractivity contribution >= 4 is 17.4 Å². The first-order chi connectivity index (χ1) is 9.69. The number of nitrogens with one attached hydrogen (secondary N) is 2. The fourth-order valence-electron chi connectivity index (χ4n) is 1.83. The van der Waals surface area contributed by atoms with Crippen LogP contribution in [0.25, 0.3) is 0 Å². The third-order valence-electron chi connectivity index (χ3n) is 2.89. The summed E-state index contributed by atoms with van der Waals surface area (Å²) in [4.78, 5) is 16.3. The van der Waals surface area contributed by atoms with Gasteiger partial charge in [0, 0.05) is 24.0 Å². The fourth-order valence-corrected chi connectivity index (χ4v) is 2.76.